The maximum atomic E-state index is 10.9. The number of carbonyl (C=O) groups excluding carboxylic acids is 1. The largest absolute Gasteiger partial charge is 0.433 e. The van der Waals surface area contributed by atoms with Gasteiger partial charge in [-0.05, 0) is 12.8 Å². The SMILES string of the molecule is CCC(=O)OC(C)OOC1CCCCC1. The van der Waals surface area contributed by atoms with E-state index in [0.29, 0.717) is 6.42 Å². The topological polar surface area (TPSA) is 44.8 Å². The predicted molar refractivity (Wildman–Crippen MR) is 54.9 cm³/mol. The fourth-order valence-electron chi connectivity index (χ4n) is 1.61. The van der Waals surface area contributed by atoms with Gasteiger partial charge >= 0.3 is 5.97 Å². The summed E-state index contributed by atoms with van der Waals surface area (Å²) in [6.45, 7) is 3.41. The molecule has 0 bridgehead atoms. The van der Waals surface area contributed by atoms with Crippen LogP contribution in [0.5, 0.6) is 0 Å². The Bertz CT molecular complexity index is 187. The average Bonchev–Trinajstić information content (AvgIpc) is 2.27. The minimum absolute atomic E-state index is 0.168. The number of hydrogen-bond donors (Lipinski definition) is 0. The minimum atomic E-state index is -0.612. The summed E-state index contributed by atoms with van der Waals surface area (Å²) in [5, 5.41) is 0. The van der Waals surface area contributed by atoms with Gasteiger partial charge in [-0.2, -0.15) is 4.89 Å². The van der Waals surface area contributed by atoms with Gasteiger partial charge in [0.05, 0.1) is 6.10 Å². The zero-order chi connectivity index (χ0) is 11.1. The fourth-order valence-corrected chi connectivity index (χ4v) is 1.61. The smallest absolute Gasteiger partial charge is 0.307 e. The Morgan fingerprint density at radius 2 is 2.00 bits per heavy atom. The summed E-state index contributed by atoms with van der Waals surface area (Å²) in [5.74, 6) is -0.269. The summed E-state index contributed by atoms with van der Waals surface area (Å²) in [4.78, 5) is 21.1. The normalized spacial score (nSPS) is 19.9. The molecule has 1 atom stereocenters. The van der Waals surface area contributed by atoms with Crippen LogP contribution in [-0.2, 0) is 19.3 Å². The van der Waals surface area contributed by atoms with Gasteiger partial charge in [0.15, 0.2) is 0 Å². The third-order valence-corrected chi connectivity index (χ3v) is 2.47. The summed E-state index contributed by atoms with van der Waals surface area (Å²) in [7, 11) is 0. The lowest BCUT2D eigenvalue weighted by atomic mass is 9.98. The molecule has 15 heavy (non-hydrogen) atoms. The van der Waals surface area contributed by atoms with E-state index in [1.165, 1.54) is 19.3 Å². The van der Waals surface area contributed by atoms with Crippen molar-refractivity contribution < 1.29 is 19.3 Å². The van der Waals surface area contributed by atoms with Gasteiger partial charge < -0.3 is 4.74 Å². The Labute approximate surface area is 90.8 Å². The Morgan fingerprint density at radius 3 is 2.60 bits per heavy atom. The molecule has 1 aliphatic rings. The first kappa shape index (κ1) is 12.5. The van der Waals surface area contributed by atoms with E-state index in [2.05, 4.69) is 0 Å². The summed E-state index contributed by atoms with van der Waals surface area (Å²) in [6, 6.07) is 0. The molecule has 1 rings (SSSR count). The van der Waals surface area contributed by atoms with Gasteiger partial charge in [0.2, 0.25) is 6.29 Å². The lowest BCUT2D eigenvalue weighted by Gasteiger charge is -2.22. The number of hydrogen-bond acceptors (Lipinski definition) is 4. The average molecular weight is 216 g/mol. The van der Waals surface area contributed by atoms with Crippen LogP contribution in [0.15, 0.2) is 0 Å². The third-order valence-electron chi connectivity index (χ3n) is 2.47. The molecule has 4 nitrogen and oxygen atoms in total. The molecular formula is C11H20O4. The summed E-state index contributed by atoms with van der Waals surface area (Å²) in [6.07, 6.45) is 5.65. The molecule has 0 radical (unpaired) electrons. The van der Waals surface area contributed by atoms with Crippen LogP contribution >= 0.6 is 0 Å². The van der Waals surface area contributed by atoms with Crippen molar-refractivity contribution in [3.8, 4) is 0 Å². The molecule has 0 N–H and O–H groups in total. The van der Waals surface area contributed by atoms with Crippen LogP contribution in [0.2, 0.25) is 0 Å². The standard InChI is InChI=1S/C11H20O4/c1-3-11(12)13-9(2)14-15-10-7-5-4-6-8-10/h9-10H,3-8H2,1-2H3. The first-order chi connectivity index (χ1) is 7.22. The molecule has 0 aromatic rings. The predicted octanol–water partition coefficient (Wildman–Crippen LogP) is 2.57. The third kappa shape index (κ3) is 5.14. The summed E-state index contributed by atoms with van der Waals surface area (Å²) < 4.78 is 4.90. The molecule has 4 heteroatoms. The fraction of sp³-hybridized carbons (Fsp3) is 0.909. The molecule has 0 heterocycles. The molecule has 1 aliphatic carbocycles. The van der Waals surface area contributed by atoms with Crippen molar-refractivity contribution in [3.05, 3.63) is 0 Å². The van der Waals surface area contributed by atoms with Gasteiger partial charge in [-0.15, -0.1) is 0 Å². The van der Waals surface area contributed by atoms with Crippen LogP contribution in [0.25, 0.3) is 0 Å². The van der Waals surface area contributed by atoms with E-state index in [9.17, 15) is 4.79 Å². The Hall–Kier alpha value is -0.610. The van der Waals surface area contributed by atoms with Crippen molar-refractivity contribution in [3.63, 3.8) is 0 Å². The number of carbonyl (C=O) groups is 1. The molecule has 0 aliphatic heterocycles. The van der Waals surface area contributed by atoms with Crippen molar-refractivity contribution in [1.29, 1.82) is 0 Å². The second-order valence-corrected chi connectivity index (χ2v) is 3.86. The van der Waals surface area contributed by atoms with E-state index < -0.39 is 6.29 Å². The molecule has 1 unspecified atom stereocenters. The van der Waals surface area contributed by atoms with Crippen LogP contribution in [0, 0.1) is 0 Å². The van der Waals surface area contributed by atoms with E-state index in [4.69, 9.17) is 14.5 Å². The van der Waals surface area contributed by atoms with Crippen molar-refractivity contribution in [2.75, 3.05) is 0 Å². The highest BCUT2D eigenvalue weighted by molar-refractivity contribution is 5.68. The van der Waals surface area contributed by atoms with E-state index in [0.717, 1.165) is 12.8 Å². The zero-order valence-electron chi connectivity index (χ0n) is 9.53. The number of rotatable bonds is 5. The molecule has 0 spiro atoms. The zero-order valence-corrected chi connectivity index (χ0v) is 9.53. The lowest BCUT2D eigenvalue weighted by molar-refractivity contribution is -0.389. The molecule has 88 valence electrons. The first-order valence-corrected chi connectivity index (χ1v) is 5.74. The quantitative estimate of drug-likeness (QED) is 0.306. The van der Waals surface area contributed by atoms with Gasteiger partial charge in [0.1, 0.15) is 0 Å². The molecule has 1 fully saturated rings. The number of ether oxygens (including phenoxy) is 1. The van der Waals surface area contributed by atoms with Gasteiger partial charge in [-0.3, -0.25) is 4.79 Å². The van der Waals surface area contributed by atoms with E-state index in [1.807, 2.05) is 0 Å². The first-order valence-electron chi connectivity index (χ1n) is 5.74. The Kier molecular flexibility index (Phi) is 5.65. The van der Waals surface area contributed by atoms with E-state index in [-0.39, 0.29) is 12.1 Å². The van der Waals surface area contributed by atoms with Gasteiger partial charge in [-0.25, -0.2) is 4.89 Å². The van der Waals surface area contributed by atoms with Crippen LogP contribution in [0.1, 0.15) is 52.4 Å². The highest BCUT2D eigenvalue weighted by Crippen LogP contribution is 2.20. The van der Waals surface area contributed by atoms with Crippen LogP contribution in [0.4, 0.5) is 0 Å². The van der Waals surface area contributed by atoms with E-state index >= 15 is 0 Å². The molecule has 1 saturated carbocycles. The highest BCUT2D eigenvalue weighted by atomic mass is 17.2. The maximum Gasteiger partial charge on any atom is 0.307 e. The van der Waals surface area contributed by atoms with Gasteiger partial charge in [0.25, 0.3) is 0 Å². The van der Waals surface area contributed by atoms with Crippen LogP contribution < -0.4 is 0 Å². The van der Waals surface area contributed by atoms with Gasteiger partial charge in [0, 0.05) is 13.3 Å². The summed E-state index contributed by atoms with van der Waals surface area (Å²) >= 11 is 0. The molecule has 0 aromatic heterocycles. The molecule has 0 amide bonds. The van der Waals surface area contributed by atoms with Gasteiger partial charge in [-0.1, -0.05) is 26.2 Å². The monoisotopic (exact) mass is 216 g/mol. The second-order valence-electron chi connectivity index (χ2n) is 3.86. The summed E-state index contributed by atoms with van der Waals surface area (Å²) in [5.41, 5.74) is 0. The molecule has 0 saturated heterocycles. The van der Waals surface area contributed by atoms with Crippen LogP contribution in [-0.4, -0.2) is 18.4 Å². The highest BCUT2D eigenvalue weighted by Gasteiger charge is 2.17. The number of esters is 1. The van der Waals surface area contributed by atoms with Crippen LogP contribution in [0.3, 0.4) is 0 Å². The van der Waals surface area contributed by atoms with Crippen molar-refractivity contribution in [2.45, 2.75) is 64.8 Å². The minimum Gasteiger partial charge on any atom is -0.433 e. The Balaban J connectivity index is 2.09. The van der Waals surface area contributed by atoms with Crippen molar-refractivity contribution in [2.24, 2.45) is 0 Å². The van der Waals surface area contributed by atoms with Crippen molar-refractivity contribution in [1.82, 2.24) is 0 Å². The van der Waals surface area contributed by atoms with Crippen molar-refractivity contribution >= 4 is 5.97 Å². The van der Waals surface area contributed by atoms with E-state index in [1.54, 1.807) is 13.8 Å². The maximum absolute atomic E-state index is 10.9. The second kappa shape index (κ2) is 6.80. The Morgan fingerprint density at radius 1 is 1.33 bits per heavy atom. The lowest BCUT2D eigenvalue weighted by Crippen LogP contribution is -2.23. The molecule has 0 aromatic carbocycles. The molecular weight excluding hydrogens is 196 g/mol.